The lowest BCUT2D eigenvalue weighted by Crippen LogP contribution is -2.47. The van der Waals surface area contributed by atoms with Crippen LogP contribution in [0.4, 0.5) is 19.0 Å². The highest BCUT2D eigenvalue weighted by Crippen LogP contribution is 2.28. The van der Waals surface area contributed by atoms with Gasteiger partial charge in [0.25, 0.3) is 0 Å². The summed E-state index contributed by atoms with van der Waals surface area (Å²) in [6.45, 7) is 7.00. The summed E-state index contributed by atoms with van der Waals surface area (Å²) in [7, 11) is 2.10. The molecule has 118 valence electrons. The quantitative estimate of drug-likeness (QED) is 0.923. The van der Waals surface area contributed by atoms with Gasteiger partial charge in [-0.1, -0.05) is 0 Å². The molecule has 0 spiro atoms. The molecular formula is C14H21F3N4. The summed E-state index contributed by atoms with van der Waals surface area (Å²) < 4.78 is 37.4. The van der Waals surface area contributed by atoms with Gasteiger partial charge < -0.3 is 10.2 Å². The summed E-state index contributed by atoms with van der Waals surface area (Å²) in [4.78, 5) is 8.47. The largest absolute Gasteiger partial charge is 0.417 e. The molecule has 0 radical (unpaired) electrons. The zero-order valence-corrected chi connectivity index (χ0v) is 12.3. The van der Waals surface area contributed by atoms with E-state index in [0.29, 0.717) is 5.82 Å². The highest BCUT2D eigenvalue weighted by Gasteiger charge is 2.30. The van der Waals surface area contributed by atoms with Crippen LogP contribution in [0.25, 0.3) is 0 Å². The maximum atomic E-state index is 12.5. The zero-order valence-electron chi connectivity index (χ0n) is 12.3. The fourth-order valence-electron chi connectivity index (χ4n) is 2.36. The summed E-state index contributed by atoms with van der Waals surface area (Å²) in [5.41, 5.74) is -0.722. The minimum atomic E-state index is -4.34. The second kappa shape index (κ2) is 6.62. The van der Waals surface area contributed by atoms with Gasteiger partial charge in [0.15, 0.2) is 0 Å². The Morgan fingerprint density at radius 3 is 2.43 bits per heavy atom. The van der Waals surface area contributed by atoms with Gasteiger partial charge >= 0.3 is 6.18 Å². The van der Waals surface area contributed by atoms with Crippen molar-refractivity contribution in [3.05, 3.63) is 23.9 Å². The van der Waals surface area contributed by atoms with Gasteiger partial charge in [0.05, 0.1) is 5.56 Å². The minimum absolute atomic E-state index is 0.137. The normalized spacial score (nSPS) is 19.5. The van der Waals surface area contributed by atoms with Crippen molar-refractivity contribution >= 4 is 5.82 Å². The molecule has 2 heterocycles. The highest BCUT2D eigenvalue weighted by molar-refractivity contribution is 5.37. The van der Waals surface area contributed by atoms with Gasteiger partial charge in [-0.2, -0.15) is 13.2 Å². The van der Waals surface area contributed by atoms with Crippen molar-refractivity contribution in [2.75, 3.05) is 45.1 Å². The molecule has 1 saturated heterocycles. The van der Waals surface area contributed by atoms with Crippen molar-refractivity contribution in [1.82, 2.24) is 14.8 Å². The molecule has 1 atom stereocenters. The number of rotatable bonds is 4. The van der Waals surface area contributed by atoms with Gasteiger partial charge in [-0.05, 0) is 26.1 Å². The highest BCUT2D eigenvalue weighted by atomic mass is 19.4. The van der Waals surface area contributed by atoms with Crippen LogP contribution in [0, 0.1) is 0 Å². The van der Waals surface area contributed by atoms with Gasteiger partial charge in [0.1, 0.15) is 5.82 Å². The number of nitrogens with zero attached hydrogens (tertiary/aromatic N) is 3. The van der Waals surface area contributed by atoms with Crippen molar-refractivity contribution < 1.29 is 13.2 Å². The predicted octanol–water partition coefficient (Wildman–Crippen LogP) is 2.15. The Balaban J connectivity index is 1.83. The Labute approximate surface area is 122 Å². The van der Waals surface area contributed by atoms with Gasteiger partial charge in [0.2, 0.25) is 0 Å². The molecule has 1 aromatic rings. The number of piperazine rings is 1. The van der Waals surface area contributed by atoms with Crippen molar-refractivity contribution in [2.24, 2.45) is 0 Å². The molecule has 0 aliphatic carbocycles. The smallest absolute Gasteiger partial charge is 0.366 e. The first-order valence-corrected chi connectivity index (χ1v) is 7.05. The Kier molecular flexibility index (Phi) is 5.05. The van der Waals surface area contributed by atoms with E-state index in [1.165, 1.54) is 6.07 Å². The molecule has 1 fully saturated rings. The van der Waals surface area contributed by atoms with Crippen molar-refractivity contribution in [3.8, 4) is 0 Å². The van der Waals surface area contributed by atoms with Crippen molar-refractivity contribution in [1.29, 1.82) is 0 Å². The van der Waals surface area contributed by atoms with E-state index in [9.17, 15) is 13.2 Å². The molecule has 0 saturated carbocycles. The molecule has 7 heteroatoms. The van der Waals surface area contributed by atoms with Crippen LogP contribution in [0.3, 0.4) is 0 Å². The third-order valence-electron chi connectivity index (χ3n) is 3.61. The number of nitrogens with one attached hydrogen (secondary N) is 1. The van der Waals surface area contributed by atoms with Crippen molar-refractivity contribution in [2.45, 2.75) is 19.1 Å². The number of hydrogen-bond donors (Lipinski definition) is 1. The molecule has 0 bridgehead atoms. The summed E-state index contributed by atoms with van der Waals surface area (Å²) in [5, 5.41) is 3.15. The number of likely N-dealkylation sites (N-methyl/N-ethyl adjacent to an activating group) is 1. The SMILES string of the molecule is CC(CN1CCN(C)CC1)Nc1ccc(C(F)(F)F)cn1. The molecule has 1 aromatic heterocycles. The van der Waals surface area contributed by atoms with Crippen molar-refractivity contribution in [3.63, 3.8) is 0 Å². The van der Waals surface area contributed by atoms with E-state index in [0.717, 1.165) is 45.0 Å². The van der Waals surface area contributed by atoms with Crippen LogP contribution in [0.2, 0.25) is 0 Å². The maximum absolute atomic E-state index is 12.5. The molecule has 1 unspecified atom stereocenters. The van der Waals surface area contributed by atoms with E-state index in [1.54, 1.807) is 0 Å². The number of pyridine rings is 1. The molecule has 1 aliphatic rings. The molecule has 2 rings (SSSR count). The van der Waals surface area contributed by atoms with E-state index >= 15 is 0 Å². The first kappa shape index (κ1) is 16.0. The molecule has 21 heavy (non-hydrogen) atoms. The summed E-state index contributed by atoms with van der Waals surface area (Å²) in [6.07, 6.45) is -3.47. The van der Waals surface area contributed by atoms with E-state index < -0.39 is 11.7 Å². The lowest BCUT2D eigenvalue weighted by Gasteiger charge is -2.34. The number of hydrogen-bond acceptors (Lipinski definition) is 4. The topological polar surface area (TPSA) is 31.4 Å². The first-order chi connectivity index (χ1) is 9.84. The second-order valence-electron chi connectivity index (χ2n) is 5.58. The van der Waals surface area contributed by atoms with Crippen LogP contribution < -0.4 is 5.32 Å². The van der Waals surface area contributed by atoms with Crippen LogP contribution in [0.15, 0.2) is 18.3 Å². The average Bonchev–Trinajstić information content (AvgIpc) is 2.41. The fraction of sp³-hybridized carbons (Fsp3) is 0.643. The molecule has 1 aliphatic heterocycles. The maximum Gasteiger partial charge on any atom is 0.417 e. The third-order valence-corrected chi connectivity index (χ3v) is 3.61. The van der Waals surface area contributed by atoms with Crippen LogP contribution in [-0.4, -0.2) is 60.6 Å². The standard InChI is InChI=1S/C14H21F3N4/c1-11(10-21-7-5-20(2)6-8-21)19-13-4-3-12(9-18-13)14(15,16)17/h3-4,9,11H,5-8,10H2,1-2H3,(H,18,19). The first-order valence-electron chi connectivity index (χ1n) is 7.05. The molecular weight excluding hydrogens is 281 g/mol. The Hall–Kier alpha value is -1.34. The van der Waals surface area contributed by atoms with Gasteiger partial charge in [-0.15, -0.1) is 0 Å². The number of alkyl halides is 3. The molecule has 0 amide bonds. The van der Waals surface area contributed by atoms with Crippen LogP contribution in [-0.2, 0) is 6.18 Å². The summed E-state index contributed by atoms with van der Waals surface area (Å²) >= 11 is 0. The monoisotopic (exact) mass is 302 g/mol. The average molecular weight is 302 g/mol. The fourth-order valence-corrected chi connectivity index (χ4v) is 2.36. The lowest BCUT2D eigenvalue weighted by molar-refractivity contribution is -0.137. The Morgan fingerprint density at radius 1 is 1.24 bits per heavy atom. The van der Waals surface area contributed by atoms with E-state index in [1.807, 2.05) is 6.92 Å². The van der Waals surface area contributed by atoms with Crippen LogP contribution in [0.1, 0.15) is 12.5 Å². The Bertz CT molecular complexity index is 439. The van der Waals surface area contributed by atoms with Crippen LogP contribution in [0.5, 0.6) is 0 Å². The van der Waals surface area contributed by atoms with Gasteiger partial charge in [-0.25, -0.2) is 4.98 Å². The molecule has 4 nitrogen and oxygen atoms in total. The van der Waals surface area contributed by atoms with E-state index in [2.05, 4.69) is 27.1 Å². The molecule has 0 aromatic carbocycles. The Morgan fingerprint density at radius 2 is 1.90 bits per heavy atom. The summed E-state index contributed by atoms with van der Waals surface area (Å²) in [5.74, 6) is 0.477. The molecule has 1 N–H and O–H groups in total. The van der Waals surface area contributed by atoms with E-state index in [-0.39, 0.29) is 6.04 Å². The van der Waals surface area contributed by atoms with Gasteiger partial charge in [-0.3, -0.25) is 4.90 Å². The lowest BCUT2D eigenvalue weighted by atomic mass is 10.2. The second-order valence-corrected chi connectivity index (χ2v) is 5.58. The van der Waals surface area contributed by atoms with Crippen LogP contribution >= 0.6 is 0 Å². The zero-order chi connectivity index (χ0) is 15.5. The third kappa shape index (κ3) is 4.86. The van der Waals surface area contributed by atoms with E-state index in [4.69, 9.17) is 0 Å². The number of anilines is 1. The predicted molar refractivity (Wildman–Crippen MR) is 76.3 cm³/mol. The summed E-state index contributed by atoms with van der Waals surface area (Å²) in [6, 6.07) is 2.57. The minimum Gasteiger partial charge on any atom is -0.366 e. The number of aromatic nitrogens is 1. The number of halogens is 3. The van der Waals surface area contributed by atoms with Gasteiger partial charge in [0, 0.05) is 45.0 Å².